The third-order valence-electron chi connectivity index (χ3n) is 7.17. The first kappa shape index (κ1) is 32.7. The maximum absolute atomic E-state index is 13.3. The second-order valence-electron chi connectivity index (χ2n) is 10.8. The van der Waals surface area contributed by atoms with Crippen LogP contribution in [0.2, 0.25) is 0 Å². The molecule has 1 aliphatic heterocycles. The Bertz CT molecular complexity index is 1330. The summed E-state index contributed by atoms with van der Waals surface area (Å²) in [5.74, 6) is -1.02. The molecule has 0 unspecified atom stereocenters. The monoisotopic (exact) mass is 605 g/mol. The summed E-state index contributed by atoms with van der Waals surface area (Å²) >= 11 is 1.33. The lowest BCUT2D eigenvalue weighted by molar-refractivity contribution is 0.0956. The number of hydrogen-bond donors (Lipinski definition) is 2. The number of sulfonamides is 1. The normalized spacial score (nSPS) is 13.8. The van der Waals surface area contributed by atoms with Crippen LogP contribution in [0.4, 0.5) is 9.80 Å². The van der Waals surface area contributed by atoms with Crippen molar-refractivity contribution < 1.29 is 22.8 Å². The van der Waals surface area contributed by atoms with Gasteiger partial charge < -0.3 is 10.2 Å². The van der Waals surface area contributed by atoms with E-state index in [2.05, 4.69) is 29.4 Å². The molecule has 0 radical (unpaired) electrons. The molecular weight excluding hydrogens is 562 g/mol. The number of fused-ring (bicyclic) bond motifs is 1. The molecule has 2 heterocycles. The molecule has 2 N–H and O–H groups in total. The molecule has 0 bridgehead atoms. The molecule has 0 saturated carbocycles. The van der Waals surface area contributed by atoms with E-state index in [1.54, 1.807) is 14.1 Å². The van der Waals surface area contributed by atoms with Gasteiger partial charge in [0, 0.05) is 56.8 Å². The van der Waals surface area contributed by atoms with E-state index in [4.69, 9.17) is 0 Å². The highest BCUT2D eigenvalue weighted by atomic mass is 32.2. The van der Waals surface area contributed by atoms with Crippen LogP contribution in [0.15, 0.2) is 29.2 Å². The number of benzene rings is 1. The van der Waals surface area contributed by atoms with E-state index in [1.807, 2.05) is 13.8 Å². The number of carbonyl (C=O) groups is 3. The van der Waals surface area contributed by atoms with Crippen LogP contribution in [0.5, 0.6) is 0 Å². The number of rotatable bonds is 12. The predicted octanol–water partition coefficient (Wildman–Crippen LogP) is 4.77. The Morgan fingerprint density at radius 2 is 1.61 bits per heavy atom. The average molecular weight is 606 g/mol. The molecule has 4 amide bonds. The highest BCUT2D eigenvalue weighted by Gasteiger charge is 2.31. The minimum absolute atomic E-state index is 0.142. The molecular formula is C29H43N5O5S2. The van der Waals surface area contributed by atoms with Crippen molar-refractivity contribution in [3.8, 4) is 0 Å². The van der Waals surface area contributed by atoms with Gasteiger partial charge in [0.1, 0.15) is 5.00 Å². The fraction of sp³-hybridized carbons (Fsp3) is 0.552. The first-order chi connectivity index (χ1) is 19.4. The van der Waals surface area contributed by atoms with Crippen LogP contribution in [0, 0.1) is 0 Å². The van der Waals surface area contributed by atoms with Crippen LogP contribution in [-0.2, 0) is 23.0 Å². The summed E-state index contributed by atoms with van der Waals surface area (Å²) in [7, 11) is -0.593. The predicted molar refractivity (Wildman–Crippen MR) is 163 cm³/mol. The van der Waals surface area contributed by atoms with Crippen LogP contribution >= 0.6 is 11.3 Å². The van der Waals surface area contributed by atoms with Crippen LogP contribution < -0.4 is 10.6 Å². The van der Waals surface area contributed by atoms with Crippen LogP contribution in [0.3, 0.4) is 0 Å². The van der Waals surface area contributed by atoms with Crippen molar-refractivity contribution >= 4 is 44.2 Å². The lowest BCUT2D eigenvalue weighted by Gasteiger charge is -2.30. The van der Waals surface area contributed by atoms with Gasteiger partial charge in [-0.25, -0.2) is 13.2 Å². The maximum atomic E-state index is 13.3. The van der Waals surface area contributed by atoms with Gasteiger partial charge in [0.2, 0.25) is 10.0 Å². The van der Waals surface area contributed by atoms with Crippen LogP contribution in [0.25, 0.3) is 0 Å². The highest BCUT2D eigenvalue weighted by molar-refractivity contribution is 7.89. The second-order valence-corrected chi connectivity index (χ2v) is 13.8. The number of imide groups is 1. The standard InChI is InChI=1S/C29H43N5O5S2/c1-7-9-16-34(17-10-8-2)41(38,39)22-13-11-21(12-14-22)26(35)30-28-25(27(36)31-29(37)32(5)6)23-15-18-33(20(3)4)19-24(23)40-28/h11-14,20H,7-10,15-19H2,1-6H3,(H,30,35)(H,31,36,37). The number of amides is 4. The van der Waals surface area contributed by atoms with E-state index in [0.29, 0.717) is 42.7 Å². The van der Waals surface area contributed by atoms with Gasteiger partial charge in [-0.3, -0.25) is 19.8 Å². The summed E-state index contributed by atoms with van der Waals surface area (Å²) in [6.45, 7) is 10.6. The number of thiophene rings is 1. The van der Waals surface area contributed by atoms with E-state index in [0.717, 1.165) is 42.7 Å². The molecule has 2 aromatic rings. The van der Waals surface area contributed by atoms with Gasteiger partial charge in [-0.1, -0.05) is 26.7 Å². The quantitative estimate of drug-likeness (QED) is 0.360. The summed E-state index contributed by atoms with van der Waals surface area (Å²) in [6, 6.07) is 5.67. The zero-order chi connectivity index (χ0) is 30.3. The van der Waals surface area contributed by atoms with Gasteiger partial charge in [-0.05, 0) is 62.9 Å². The van der Waals surface area contributed by atoms with Crippen molar-refractivity contribution in [3.05, 3.63) is 45.8 Å². The van der Waals surface area contributed by atoms with E-state index in [-0.39, 0.29) is 10.5 Å². The minimum Gasteiger partial charge on any atom is -0.331 e. The Hall–Kier alpha value is -2.80. The molecule has 0 fully saturated rings. The first-order valence-electron chi connectivity index (χ1n) is 14.2. The molecule has 226 valence electrons. The van der Waals surface area contributed by atoms with E-state index in [9.17, 15) is 22.8 Å². The first-order valence-corrected chi connectivity index (χ1v) is 16.5. The molecule has 1 aliphatic rings. The minimum atomic E-state index is -3.69. The van der Waals surface area contributed by atoms with Crippen molar-refractivity contribution in [2.45, 2.75) is 77.3 Å². The average Bonchev–Trinajstić information content (AvgIpc) is 3.29. The number of anilines is 1. The maximum Gasteiger partial charge on any atom is 0.323 e. The number of urea groups is 1. The molecule has 0 saturated heterocycles. The SMILES string of the molecule is CCCCN(CCCC)S(=O)(=O)c1ccc(C(=O)Nc2sc3c(c2C(=O)NC(=O)N(C)C)CCN(C(C)C)C3)cc1. The Morgan fingerprint density at radius 1 is 1.00 bits per heavy atom. The Kier molecular flexibility index (Phi) is 11.5. The van der Waals surface area contributed by atoms with E-state index < -0.39 is 27.9 Å². The van der Waals surface area contributed by atoms with Gasteiger partial charge in [0.25, 0.3) is 11.8 Å². The van der Waals surface area contributed by atoms with Crippen LogP contribution in [-0.4, -0.2) is 80.1 Å². The fourth-order valence-electron chi connectivity index (χ4n) is 4.59. The largest absolute Gasteiger partial charge is 0.331 e. The molecule has 0 atom stereocenters. The lowest BCUT2D eigenvalue weighted by atomic mass is 10.0. The fourth-order valence-corrected chi connectivity index (χ4v) is 7.37. The third-order valence-corrected chi connectivity index (χ3v) is 10.2. The van der Waals surface area contributed by atoms with Crippen molar-refractivity contribution in [3.63, 3.8) is 0 Å². The summed E-state index contributed by atoms with van der Waals surface area (Å²) in [4.78, 5) is 43.5. The van der Waals surface area contributed by atoms with Crippen molar-refractivity contribution in [2.24, 2.45) is 0 Å². The smallest absolute Gasteiger partial charge is 0.323 e. The number of unbranched alkanes of at least 4 members (excludes halogenated alkanes) is 2. The molecule has 41 heavy (non-hydrogen) atoms. The Balaban J connectivity index is 1.87. The van der Waals surface area contributed by atoms with Crippen molar-refractivity contribution in [1.82, 2.24) is 19.4 Å². The van der Waals surface area contributed by atoms with Crippen LogP contribution in [0.1, 0.15) is 84.5 Å². The van der Waals surface area contributed by atoms with Gasteiger partial charge in [-0.2, -0.15) is 4.31 Å². The van der Waals surface area contributed by atoms with Gasteiger partial charge in [-0.15, -0.1) is 11.3 Å². The summed E-state index contributed by atoms with van der Waals surface area (Å²) < 4.78 is 28.1. The molecule has 1 aromatic heterocycles. The topological polar surface area (TPSA) is 119 Å². The molecule has 10 nitrogen and oxygen atoms in total. The summed E-state index contributed by atoms with van der Waals surface area (Å²) in [6.07, 6.45) is 3.96. The summed E-state index contributed by atoms with van der Waals surface area (Å²) in [5, 5.41) is 5.64. The zero-order valence-corrected chi connectivity index (χ0v) is 26.6. The molecule has 0 aliphatic carbocycles. The Labute approximate surface area is 248 Å². The number of carbonyl (C=O) groups excluding carboxylic acids is 3. The summed E-state index contributed by atoms with van der Waals surface area (Å²) in [5.41, 5.74) is 1.41. The van der Waals surface area contributed by atoms with E-state index in [1.165, 1.54) is 44.8 Å². The molecule has 12 heteroatoms. The van der Waals surface area contributed by atoms with Crippen molar-refractivity contribution in [2.75, 3.05) is 39.0 Å². The number of nitrogens with zero attached hydrogens (tertiary/aromatic N) is 3. The molecule has 3 rings (SSSR count). The third kappa shape index (κ3) is 7.94. The van der Waals surface area contributed by atoms with Gasteiger partial charge in [0.05, 0.1) is 10.5 Å². The lowest BCUT2D eigenvalue weighted by Crippen LogP contribution is -2.40. The number of hydrogen-bond acceptors (Lipinski definition) is 7. The zero-order valence-electron chi connectivity index (χ0n) is 25.0. The van der Waals surface area contributed by atoms with E-state index >= 15 is 0 Å². The highest BCUT2D eigenvalue weighted by Crippen LogP contribution is 2.38. The molecule has 1 aromatic carbocycles. The van der Waals surface area contributed by atoms with Crippen molar-refractivity contribution in [1.29, 1.82) is 0 Å². The Morgan fingerprint density at radius 3 is 2.15 bits per heavy atom. The molecule has 0 spiro atoms. The van der Waals surface area contributed by atoms with Gasteiger partial charge in [0.15, 0.2) is 0 Å². The van der Waals surface area contributed by atoms with Gasteiger partial charge >= 0.3 is 6.03 Å². The second kappa shape index (κ2) is 14.4. The number of nitrogens with one attached hydrogen (secondary N) is 2.